The molecule has 0 aliphatic rings. The monoisotopic (exact) mass is 416 g/mol. The van der Waals surface area contributed by atoms with Gasteiger partial charge in [-0.15, -0.1) is 0 Å². The molecular formula is C23H20N4O2S. The summed E-state index contributed by atoms with van der Waals surface area (Å²) < 4.78 is 28.1. The second-order valence-electron chi connectivity index (χ2n) is 6.61. The molecule has 0 amide bonds. The Bertz CT molecular complexity index is 1230. The average Bonchev–Trinajstić information content (AvgIpc) is 2.80. The highest BCUT2D eigenvalue weighted by Crippen LogP contribution is 2.28. The largest absolute Gasteiger partial charge is 0.329 e. The first-order valence-corrected chi connectivity index (χ1v) is 10.8. The summed E-state index contributed by atoms with van der Waals surface area (Å²) in [5.41, 5.74) is 2.41. The van der Waals surface area contributed by atoms with Gasteiger partial charge < -0.3 is 4.90 Å². The van der Waals surface area contributed by atoms with Gasteiger partial charge in [-0.3, -0.25) is 0 Å². The number of benzene rings is 3. The molecule has 0 bridgehead atoms. The fourth-order valence-electron chi connectivity index (χ4n) is 2.97. The van der Waals surface area contributed by atoms with E-state index in [0.717, 1.165) is 11.3 Å². The van der Waals surface area contributed by atoms with E-state index in [9.17, 15) is 8.42 Å². The van der Waals surface area contributed by atoms with Crippen LogP contribution in [0, 0.1) is 0 Å². The molecule has 0 spiro atoms. The van der Waals surface area contributed by atoms with Crippen LogP contribution in [0.15, 0.2) is 102 Å². The summed E-state index contributed by atoms with van der Waals surface area (Å²) in [4.78, 5) is 11.0. The van der Waals surface area contributed by atoms with Crippen LogP contribution < -0.4 is 9.62 Å². The number of hydrogen-bond acceptors (Lipinski definition) is 5. The first-order valence-electron chi connectivity index (χ1n) is 9.34. The lowest BCUT2D eigenvalue weighted by molar-refractivity contribution is 0.601. The van der Waals surface area contributed by atoms with Gasteiger partial charge in [-0.1, -0.05) is 66.7 Å². The van der Waals surface area contributed by atoms with Crippen LogP contribution >= 0.6 is 0 Å². The summed E-state index contributed by atoms with van der Waals surface area (Å²) in [7, 11) is -1.94. The molecule has 1 N–H and O–H groups in total. The quantitative estimate of drug-likeness (QED) is 0.493. The third-order valence-electron chi connectivity index (χ3n) is 4.55. The highest BCUT2D eigenvalue weighted by atomic mass is 32.2. The molecule has 4 rings (SSSR count). The standard InChI is InChI=1S/C23H20N4O2S/c1-27(19-13-7-3-8-14-19)22-17-21(18-11-5-2-6-12-18)24-23(25-22)26-30(28,29)20-15-9-4-10-16-20/h2-17H,1H3,(H,24,25,26). The van der Waals surface area contributed by atoms with E-state index in [2.05, 4.69) is 14.7 Å². The Labute approximate surface area is 175 Å². The predicted molar refractivity (Wildman–Crippen MR) is 119 cm³/mol. The Kier molecular flexibility index (Phi) is 5.45. The maximum atomic E-state index is 12.8. The molecule has 1 aromatic heterocycles. The van der Waals surface area contributed by atoms with Crippen molar-refractivity contribution in [3.8, 4) is 11.3 Å². The molecule has 0 saturated carbocycles. The SMILES string of the molecule is CN(c1ccccc1)c1cc(-c2ccccc2)nc(NS(=O)(=O)c2ccccc2)n1. The number of para-hydroxylation sites is 1. The van der Waals surface area contributed by atoms with E-state index >= 15 is 0 Å². The van der Waals surface area contributed by atoms with E-state index in [1.165, 1.54) is 12.1 Å². The van der Waals surface area contributed by atoms with Crippen molar-refractivity contribution in [3.05, 3.63) is 97.1 Å². The molecule has 0 unspecified atom stereocenters. The van der Waals surface area contributed by atoms with Gasteiger partial charge in [-0.05, 0) is 24.3 Å². The Morgan fingerprint density at radius 3 is 1.97 bits per heavy atom. The fraction of sp³-hybridized carbons (Fsp3) is 0.0435. The molecule has 30 heavy (non-hydrogen) atoms. The van der Waals surface area contributed by atoms with E-state index < -0.39 is 10.0 Å². The van der Waals surface area contributed by atoms with E-state index in [4.69, 9.17) is 0 Å². The number of nitrogens with zero attached hydrogens (tertiary/aromatic N) is 3. The minimum atomic E-state index is -3.81. The summed E-state index contributed by atoms with van der Waals surface area (Å²) in [6.07, 6.45) is 0. The van der Waals surface area contributed by atoms with Crippen molar-refractivity contribution in [1.82, 2.24) is 9.97 Å². The molecule has 1 heterocycles. The topological polar surface area (TPSA) is 75.2 Å². The van der Waals surface area contributed by atoms with Crippen LogP contribution in [0.3, 0.4) is 0 Å². The number of rotatable bonds is 6. The van der Waals surface area contributed by atoms with Crippen LogP contribution in [0.4, 0.5) is 17.5 Å². The third kappa shape index (κ3) is 4.31. The molecule has 150 valence electrons. The van der Waals surface area contributed by atoms with E-state index in [1.54, 1.807) is 18.2 Å². The van der Waals surface area contributed by atoms with Gasteiger partial charge in [0.1, 0.15) is 5.82 Å². The van der Waals surface area contributed by atoms with Gasteiger partial charge in [0.15, 0.2) is 0 Å². The molecule has 3 aromatic carbocycles. The molecule has 0 radical (unpaired) electrons. The van der Waals surface area contributed by atoms with Gasteiger partial charge in [-0.2, -0.15) is 4.98 Å². The lowest BCUT2D eigenvalue weighted by Crippen LogP contribution is -2.18. The van der Waals surface area contributed by atoms with E-state index in [-0.39, 0.29) is 10.8 Å². The second kappa shape index (κ2) is 8.34. The molecular weight excluding hydrogens is 396 g/mol. The van der Waals surface area contributed by atoms with Gasteiger partial charge >= 0.3 is 0 Å². The number of aromatic nitrogens is 2. The van der Waals surface area contributed by atoms with Crippen molar-refractivity contribution in [2.45, 2.75) is 4.90 Å². The van der Waals surface area contributed by atoms with Crippen LogP contribution in [0.2, 0.25) is 0 Å². The van der Waals surface area contributed by atoms with Crippen molar-refractivity contribution in [1.29, 1.82) is 0 Å². The van der Waals surface area contributed by atoms with Gasteiger partial charge in [0, 0.05) is 24.4 Å². The summed E-state index contributed by atoms with van der Waals surface area (Å²) in [5.74, 6) is 0.582. The van der Waals surface area contributed by atoms with Gasteiger partial charge in [0.2, 0.25) is 5.95 Å². The van der Waals surface area contributed by atoms with Crippen LogP contribution in [0.5, 0.6) is 0 Å². The molecule has 0 aliphatic heterocycles. The summed E-state index contributed by atoms with van der Waals surface area (Å²) >= 11 is 0. The molecule has 0 atom stereocenters. The maximum absolute atomic E-state index is 12.8. The number of nitrogens with one attached hydrogen (secondary N) is 1. The summed E-state index contributed by atoms with van der Waals surface area (Å²) in [6, 6.07) is 29.3. The van der Waals surface area contributed by atoms with Gasteiger partial charge in [-0.25, -0.2) is 18.1 Å². The Balaban J connectivity index is 1.78. The van der Waals surface area contributed by atoms with Crippen LogP contribution in [0.1, 0.15) is 0 Å². The predicted octanol–water partition coefficient (Wildman–Crippen LogP) is 4.71. The van der Waals surface area contributed by atoms with Crippen molar-refractivity contribution in [2.75, 3.05) is 16.7 Å². The lowest BCUT2D eigenvalue weighted by Gasteiger charge is -2.20. The average molecular weight is 417 g/mol. The normalized spacial score (nSPS) is 11.1. The Morgan fingerprint density at radius 1 is 0.767 bits per heavy atom. The molecule has 4 aromatic rings. The lowest BCUT2D eigenvalue weighted by atomic mass is 10.1. The zero-order valence-corrected chi connectivity index (χ0v) is 17.1. The molecule has 7 heteroatoms. The van der Waals surface area contributed by atoms with E-state index in [0.29, 0.717) is 11.5 Å². The van der Waals surface area contributed by atoms with Crippen molar-refractivity contribution >= 4 is 27.5 Å². The van der Waals surface area contributed by atoms with Gasteiger partial charge in [0.05, 0.1) is 10.6 Å². The maximum Gasteiger partial charge on any atom is 0.264 e. The summed E-state index contributed by atoms with van der Waals surface area (Å²) in [6.45, 7) is 0. The fourth-order valence-corrected chi connectivity index (χ4v) is 3.94. The summed E-state index contributed by atoms with van der Waals surface area (Å²) in [5, 5.41) is 0. The van der Waals surface area contributed by atoms with Gasteiger partial charge in [0.25, 0.3) is 10.0 Å². The number of sulfonamides is 1. The minimum Gasteiger partial charge on any atom is -0.329 e. The van der Waals surface area contributed by atoms with Crippen molar-refractivity contribution in [3.63, 3.8) is 0 Å². The van der Waals surface area contributed by atoms with Crippen molar-refractivity contribution < 1.29 is 8.42 Å². The number of anilines is 3. The molecule has 6 nitrogen and oxygen atoms in total. The Morgan fingerprint density at radius 2 is 1.33 bits per heavy atom. The number of hydrogen-bond donors (Lipinski definition) is 1. The first-order chi connectivity index (χ1) is 14.5. The molecule has 0 saturated heterocycles. The van der Waals surface area contributed by atoms with Crippen LogP contribution in [0.25, 0.3) is 11.3 Å². The first kappa shape index (κ1) is 19.6. The molecule has 0 fully saturated rings. The molecule has 0 aliphatic carbocycles. The Hall–Kier alpha value is -3.71. The zero-order chi connectivity index (χ0) is 21.0. The van der Waals surface area contributed by atoms with E-state index in [1.807, 2.05) is 78.7 Å². The highest BCUT2D eigenvalue weighted by molar-refractivity contribution is 7.92. The second-order valence-corrected chi connectivity index (χ2v) is 8.30. The highest BCUT2D eigenvalue weighted by Gasteiger charge is 2.18. The smallest absolute Gasteiger partial charge is 0.264 e. The van der Waals surface area contributed by atoms with Crippen LogP contribution in [-0.4, -0.2) is 25.4 Å². The third-order valence-corrected chi connectivity index (χ3v) is 5.89. The minimum absolute atomic E-state index is 0.0120. The van der Waals surface area contributed by atoms with Crippen LogP contribution in [-0.2, 0) is 10.0 Å². The zero-order valence-electron chi connectivity index (χ0n) is 16.3. The van der Waals surface area contributed by atoms with Crippen molar-refractivity contribution in [2.24, 2.45) is 0 Å².